The van der Waals surface area contributed by atoms with Crippen molar-refractivity contribution in [1.82, 2.24) is 9.97 Å². The molecule has 1 rings (SSSR count). The maximum absolute atomic E-state index is 11.2. The zero-order valence-corrected chi connectivity index (χ0v) is 11.9. The number of nitrogens with two attached hydrogens (primary N) is 2. The molecule has 1 heterocycles. The summed E-state index contributed by atoms with van der Waals surface area (Å²) < 4.78 is 0. The van der Waals surface area contributed by atoms with E-state index in [2.05, 4.69) is 15.3 Å². The normalized spacial score (nSPS) is 10.4. The number of primary amides is 2. The van der Waals surface area contributed by atoms with Crippen LogP contribution in [-0.2, 0) is 9.59 Å². The highest BCUT2D eigenvalue weighted by Gasteiger charge is 2.21. The zero-order chi connectivity index (χ0) is 15.3. The fourth-order valence-electron chi connectivity index (χ4n) is 1.95. The van der Waals surface area contributed by atoms with Crippen LogP contribution in [0.25, 0.3) is 0 Å². The van der Waals surface area contributed by atoms with E-state index >= 15 is 0 Å². The molecule has 0 spiro atoms. The fourth-order valence-corrected chi connectivity index (χ4v) is 1.95. The van der Waals surface area contributed by atoms with Crippen molar-refractivity contribution in [3.05, 3.63) is 11.9 Å². The lowest BCUT2D eigenvalue weighted by atomic mass is 10.0. The predicted molar refractivity (Wildman–Crippen MR) is 76.3 cm³/mol. The molecule has 2 amide bonds. The van der Waals surface area contributed by atoms with Gasteiger partial charge in [-0.15, -0.1) is 0 Å². The highest BCUT2D eigenvalue weighted by atomic mass is 16.2. The van der Waals surface area contributed by atoms with Crippen LogP contribution in [0.1, 0.15) is 25.3 Å². The van der Waals surface area contributed by atoms with Crippen LogP contribution in [-0.4, -0.2) is 41.9 Å². The molecule has 8 nitrogen and oxygen atoms in total. The molecule has 0 fully saturated rings. The number of hydrogen-bond acceptors (Lipinski definition) is 6. The van der Waals surface area contributed by atoms with E-state index in [-0.39, 0.29) is 19.0 Å². The summed E-state index contributed by atoms with van der Waals surface area (Å²) in [7, 11) is 1.74. The van der Waals surface area contributed by atoms with Gasteiger partial charge in [-0.1, -0.05) is 13.8 Å². The third kappa shape index (κ3) is 3.81. The molecule has 0 aliphatic rings. The van der Waals surface area contributed by atoms with Crippen molar-refractivity contribution in [1.29, 1.82) is 0 Å². The third-order valence-electron chi connectivity index (χ3n) is 2.67. The van der Waals surface area contributed by atoms with E-state index in [9.17, 15) is 9.59 Å². The molecule has 8 heteroatoms. The molecule has 0 aliphatic carbocycles. The number of carbonyl (C=O) groups excluding carboxylic acids is 2. The molecule has 0 atom stereocenters. The third-order valence-corrected chi connectivity index (χ3v) is 2.67. The lowest BCUT2D eigenvalue weighted by Gasteiger charge is -2.25. The van der Waals surface area contributed by atoms with Gasteiger partial charge in [0.15, 0.2) is 0 Å². The van der Waals surface area contributed by atoms with Crippen LogP contribution in [0.4, 0.5) is 11.6 Å². The molecule has 20 heavy (non-hydrogen) atoms. The topological polar surface area (TPSA) is 127 Å². The first kappa shape index (κ1) is 15.7. The molecule has 0 saturated heterocycles. The Kier molecular flexibility index (Phi) is 5.24. The summed E-state index contributed by atoms with van der Waals surface area (Å²) in [5, 5.41) is 2.97. The first-order chi connectivity index (χ1) is 9.36. The summed E-state index contributed by atoms with van der Waals surface area (Å²) in [6, 6.07) is 0. The summed E-state index contributed by atoms with van der Waals surface area (Å²) in [6.07, 6.45) is 1.36. The molecule has 1 aromatic rings. The van der Waals surface area contributed by atoms with Crippen LogP contribution >= 0.6 is 0 Å². The highest BCUT2D eigenvalue weighted by molar-refractivity contribution is 5.85. The van der Waals surface area contributed by atoms with E-state index in [4.69, 9.17) is 11.5 Å². The van der Waals surface area contributed by atoms with Crippen molar-refractivity contribution in [2.75, 3.05) is 30.4 Å². The molecule has 1 aromatic heterocycles. The van der Waals surface area contributed by atoms with Crippen molar-refractivity contribution in [2.45, 2.75) is 19.8 Å². The first-order valence-corrected chi connectivity index (χ1v) is 6.21. The Morgan fingerprint density at radius 2 is 1.80 bits per heavy atom. The Morgan fingerprint density at radius 1 is 1.25 bits per heavy atom. The number of hydrogen-bond donors (Lipinski definition) is 3. The molecular weight excluding hydrogens is 260 g/mol. The minimum absolute atomic E-state index is 0.0944. The van der Waals surface area contributed by atoms with Gasteiger partial charge in [-0.25, -0.2) is 9.97 Å². The van der Waals surface area contributed by atoms with E-state index in [0.29, 0.717) is 11.6 Å². The number of nitrogens with zero attached hydrogens (tertiary/aromatic N) is 3. The Bertz CT molecular complexity index is 487. The molecule has 110 valence electrons. The lowest BCUT2D eigenvalue weighted by molar-refractivity contribution is -0.117. The molecule has 0 aliphatic heterocycles. The van der Waals surface area contributed by atoms with Gasteiger partial charge in [-0.05, 0) is 5.92 Å². The monoisotopic (exact) mass is 280 g/mol. The van der Waals surface area contributed by atoms with E-state index in [1.807, 2.05) is 13.8 Å². The van der Waals surface area contributed by atoms with E-state index in [0.717, 1.165) is 5.56 Å². The number of nitrogens with one attached hydrogen (secondary N) is 1. The number of amides is 2. The fraction of sp³-hybridized carbons (Fsp3) is 0.500. The van der Waals surface area contributed by atoms with Gasteiger partial charge < -0.3 is 21.7 Å². The standard InChI is InChI=1S/C12H20N6O2/c1-7(2)10-11(15-3)16-6-17-12(10)18(4-8(13)19)5-9(14)20/h6-7H,4-5H2,1-3H3,(H2,13,19)(H2,14,20)(H,15,16,17). The molecular formula is C12H20N6O2. The quantitative estimate of drug-likeness (QED) is 0.613. The molecule has 0 aromatic carbocycles. The minimum Gasteiger partial charge on any atom is -0.373 e. The lowest BCUT2D eigenvalue weighted by Crippen LogP contribution is -2.40. The highest BCUT2D eigenvalue weighted by Crippen LogP contribution is 2.30. The van der Waals surface area contributed by atoms with Crippen molar-refractivity contribution in [2.24, 2.45) is 11.5 Å². The molecule has 0 radical (unpaired) electrons. The van der Waals surface area contributed by atoms with Crippen LogP contribution in [0.3, 0.4) is 0 Å². The maximum Gasteiger partial charge on any atom is 0.237 e. The number of anilines is 2. The van der Waals surface area contributed by atoms with Crippen LogP contribution in [0, 0.1) is 0 Å². The van der Waals surface area contributed by atoms with Gasteiger partial charge in [0.2, 0.25) is 11.8 Å². The predicted octanol–water partition coefficient (Wildman–Crippen LogP) is -0.581. The Hall–Kier alpha value is -2.38. The van der Waals surface area contributed by atoms with Crippen molar-refractivity contribution in [3.63, 3.8) is 0 Å². The van der Waals surface area contributed by atoms with E-state index < -0.39 is 11.8 Å². The Balaban J connectivity index is 3.30. The van der Waals surface area contributed by atoms with Gasteiger partial charge in [0.1, 0.15) is 18.0 Å². The largest absolute Gasteiger partial charge is 0.373 e. The SMILES string of the molecule is CNc1ncnc(N(CC(N)=O)CC(N)=O)c1C(C)C. The first-order valence-electron chi connectivity index (χ1n) is 6.21. The second-order valence-electron chi connectivity index (χ2n) is 4.65. The van der Waals surface area contributed by atoms with Gasteiger partial charge in [-0.3, -0.25) is 9.59 Å². The van der Waals surface area contributed by atoms with Gasteiger partial charge >= 0.3 is 0 Å². The molecule has 0 bridgehead atoms. The average molecular weight is 280 g/mol. The van der Waals surface area contributed by atoms with E-state index in [1.54, 1.807) is 7.05 Å². The van der Waals surface area contributed by atoms with Crippen molar-refractivity contribution >= 4 is 23.5 Å². The number of rotatable bonds is 7. The molecule has 0 saturated carbocycles. The van der Waals surface area contributed by atoms with Gasteiger partial charge in [0.05, 0.1) is 13.1 Å². The van der Waals surface area contributed by atoms with Gasteiger partial charge in [-0.2, -0.15) is 0 Å². The second kappa shape index (κ2) is 6.69. The molecule has 5 N–H and O–H groups in total. The van der Waals surface area contributed by atoms with Crippen LogP contribution < -0.4 is 21.7 Å². The zero-order valence-electron chi connectivity index (χ0n) is 11.9. The Labute approximate surface area is 117 Å². The summed E-state index contributed by atoms with van der Waals surface area (Å²) in [6.45, 7) is 3.66. The second-order valence-corrected chi connectivity index (χ2v) is 4.65. The number of aromatic nitrogens is 2. The van der Waals surface area contributed by atoms with E-state index in [1.165, 1.54) is 11.2 Å². The van der Waals surface area contributed by atoms with Crippen LogP contribution in [0.15, 0.2) is 6.33 Å². The summed E-state index contributed by atoms with van der Waals surface area (Å²) in [4.78, 5) is 32.1. The number of carbonyl (C=O) groups is 2. The summed E-state index contributed by atoms with van der Waals surface area (Å²) >= 11 is 0. The summed E-state index contributed by atoms with van der Waals surface area (Å²) in [5.41, 5.74) is 11.2. The van der Waals surface area contributed by atoms with Gasteiger partial charge in [0.25, 0.3) is 0 Å². The molecule has 0 unspecified atom stereocenters. The smallest absolute Gasteiger partial charge is 0.237 e. The average Bonchev–Trinajstić information content (AvgIpc) is 2.35. The Morgan fingerprint density at radius 3 is 2.20 bits per heavy atom. The van der Waals surface area contributed by atoms with Crippen molar-refractivity contribution < 1.29 is 9.59 Å². The minimum atomic E-state index is -0.564. The van der Waals surface area contributed by atoms with Crippen LogP contribution in [0.2, 0.25) is 0 Å². The van der Waals surface area contributed by atoms with Crippen LogP contribution in [0.5, 0.6) is 0 Å². The van der Waals surface area contributed by atoms with Gasteiger partial charge in [0, 0.05) is 12.6 Å². The summed E-state index contributed by atoms with van der Waals surface area (Å²) in [5.74, 6) is 0.0916. The maximum atomic E-state index is 11.2. The van der Waals surface area contributed by atoms with Crippen molar-refractivity contribution in [3.8, 4) is 0 Å².